The molecule has 32 heavy (non-hydrogen) atoms. The van der Waals surface area contributed by atoms with E-state index in [2.05, 4.69) is 19.2 Å². The van der Waals surface area contributed by atoms with Gasteiger partial charge in [-0.2, -0.15) is 13.2 Å². The van der Waals surface area contributed by atoms with Crippen LogP contribution in [0.15, 0.2) is 48.5 Å². The number of piperidine rings is 1. The van der Waals surface area contributed by atoms with Gasteiger partial charge in [-0.15, -0.1) is 0 Å². The Balaban J connectivity index is 1.51. The Bertz CT molecular complexity index is 931. The van der Waals surface area contributed by atoms with Gasteiger partial charge in [-0.3, -0.25) is 14.5 Å². The number of carbonyl (C=O) groups excluding carboxylic acids is 2. The van der Waals surface area contributed by atoms with E-state index in [1.807, 2.05) is 29.2 Å². The Labute approximate surface area is 186 Å². The zero-order valence-corrected chi connectivity index (χ0v) is 18.4. The lowest BCUT2D eigenvalue weighted by atomic mass is 9.88. The van der Waals surface area contributed by atoms with Gasteiger partial charge >= 0.3 is 6.18 Å². The Morgan fingerprint density at radius 3 is 2.25 bits per heavy atom. The highest BCUT2D eigenvalue weighted by Crippen LogP contribution is 2.34. The number of para-hydroxylation sites is 1. The fourth-order valence-electron chi connectivity index (χ4n) is 4.10. The third-order valence-corrected chi connectivity index (χ3v) is 5.71. The number of carbonyl (C=O) groups is 2. The van der Waals surface area contributed by atoms with Crippen molar-refractivity contribution in [1.29, 1.82) is 0 Å². The normalized spacial score (nSPS) is 15.7. The molecule has 4 nitrogen and oxygen atoms in total. The van der Waals surface area contributed by atoms with Crippen molar-refractivity contribution in [3.8, 4) is 0 Å². The van der Waals surface area contributed by atoms with Gasteiger partial charge in [0.15, 0.2) is 5.78 Å². The summed E-state index contributed by atoms with van der Waals surface area (Å²) in [4.78, 5) is 27.0. The van der Waals surface area contributed by atoms with E-state index >= 15 is 0 Å². The predicted octanol–water partition coefficient (Wildman–Crippen LogP) is 5.44. The van der Waals surface area contributed by atoms with Crippen molar-refractivity contribution < 1.29 is 22.8 Å². The van der Waals surface area contributed by atoms with Crippen LogP contribution in [0.2, 0.25) is 0 Å². The molecule has 172 valence electrons. The molecule has 0 bridgehead atoms. The molecule has 1 amide bonds. The number of benzene rings is 2. The lowest BCUT2D eigenvalue weighted by molar-refractivity contribution is -0.137. The highest BCUT2D eigenvalue weighted by Gasteiger charge is 2.34. The van der Waals surface area contributed by atoms with E-state index in [1.165, 1.54) is 23.8 Å². The lowest BCUT2D eigenvalue weighted by Gasteiger charge is -2.30. The second-order valence-electron chi connectivity index (χ2n) is 8.80. The molecule has 2 aromatic rings. The summed E-state index contributed by atoms with van der Waals surface area (Å²) in [6, 6.07) is 12.7. The Kier molecular flexibility index (Phi) is 7.72. The van der Waals surface area contributed by atoms with Gasteiger partial charge in [-0.1, -0.05) is 50.2 Å². The first kappa shape index (κ1) is 24.0. The number of halogens is 3. The molecular formula is C25H29F3N2O2. The van der Waals surface area contributed by atoms with Crippen LogP contribution in [-0.2, 0) is 17.4 Å². The fourth-order valence-corrected chi connectivity index (χ4v) is 4.10. The van der Waals surface area contributed by atoms with Crippen LogP contribution < -0.4 is 5.32 Å². The van der Waals surface area contributed by atoms with Crippen LogP contribution in [0.1, 0.15) is 48.2 Å². The Morgan fingerprint density at radius 2 is 1.66 bits per heavy atom. The van der Waals surface area contributed by atoms with Gasteiger partial charge in [0, 0.05) is 11.5 Å². The minimum Gasteiger partial charge on any atom is -0.324 e. The van der Waals surface area contributed by atoms with Gasteiger partial charge in [-0.25, -0.2) is 0 Å². The van der Waals surface area contributed by atoms with Gasteiger partial charge < -0.3 is 5.32 Å². The summed E-state index contributed by atoms with van der Waals surface area (Å²) in [6.07, 6.45) is -2.31. The molecule has 0 radical (unpaired) electrons. The molecule has 3 rings (SSSR count). The number of rotatable bonds is 7. The van der Waals surface area contributed by atoms with Crippen molar-refractivity contribution in [2.24, 2.45) is 11.8 Å². The summed E-state index contributed by atoms with van der Waals surface area (Å²) < 4.78 is 39.3. The first-order valence-electron chi connectivity index (χ1n) is 10.9. The second kappa shape index (κ2) is 10.3. The molecular weight excluding hydrogens is 417 g/mol. The van der Waals surface area contributed by atoms with Crippen LogP contribution in [0.4, 0.5) is 18.9 Å². The second-order valence-corrected chi connectivity index (χ2v) is 8.80. The summed E-state index contributed by atoms with van der Waals surface area (Å²) >= 11 is 0. The van der Waals surface area contributed by atoms with Crippen molar-refractivity contribution in [2.45, 2.75) is 39.3 Å². The third kappa shape index (κ3) is 6.42. The van der Waals surface area contributed by atoms with Gasteiger partial charge in [0.1, 0.15) is 0 Å². The summed E-state index contributed by atoms with van der Waals surface area (Å²) in [5, 5.41) is 2.38. The molecule has 1 aliphatic heterocycles. The molecule has 1 aliphatic rings. The monoisotopic (exact) mass is 446 g/mol. The van der Waals surface area contributed by atoms with Crippen LogP contribution in [-0.4, -0.2) is 36.2 Å². The predicted molar refractivity (Wildman–Crippen MR) is 119 cm³/mol. The summed E-state index contributed by atoms with van der Waals surface area (Å²) in [7, 11) is 0. The molecule has 0 saturated carbocycles. The van der Waals surface area contributed by atoms with Crippen molar-refractivity contribution >= 4 is 17.4 Å². The van der Waals surface area contributed by atoms with E-state index in [9.17, 15) is 22.8 Å². The van der Waals surface area contributed by atoms with Crippen LogP contribution >= 0.6 is 0 Å². The molecule has 1 heterocycles. The largest absolute Gasteiger partial charge is 0.418 e. The molecule has 7 heteroatoms. The number of amides is 1. The molecule has 1 N–H and O–H groups in total. The van der Waals surface area contributed by atoms with E-state index in [4.69, 9.17) is 0 Å². The fraction of sp³-hybridized carbons (Fsp3) is 0.440. The highest BCUT2D eigenvalue weighted by molar-refractivity contribution is 5.98. The molecule has 0 spiro atoms. The Hall–Kier alpha value is -2.67. The zero-order valence-electron chi connectivity index (χ0n) is 18.4. The number of nitrogens with zero attached hydrogens (tertiary/aromatic N) is 1. The smallest absolute Gasteiger partial charge is 0.324 e. The highest BCUT2D eigenvalue weighted by atomic mass is 19.4. The molecule has 0 aromatic heterocycles. The number of ketones is 1. The average Bonchev–Trinajstić information content (AvgIpc) is 2.73. The molecule has 2 aromatic carbocycles. The molecule has 0 aliphatic carbocycles. The van der Waals surface area contributed by atoms with Gasteiger partial charge in [0.25, 0.3) is 0 Å². The number of Topliss-reactive ketones (excluding diaryl/α,β-unsaturated/α-hetero) is 1. The Morgan fingerprint density at radius 1 is 1.03 bits per heavy atom. The van der Waals surface area contributed by atoms with Crippen molar-refractivity contribution in [1.82, 2.24) is 4.90 Å². The number of alkyl halides is 3. The minimum atomic E-state index is -4.53. The number of hydrogen-bond acceptors (Lipinski definition) is 3. The van der Waals surface area contributed by atoms with Crippen LogP contribution in [0, 0.1) is 11.8 Å². The lowest BCUT2D eigenvalue weighted by Crippen LogP contribution is -2.40. The summed E-state index contributed by atoms with van der Waals surface area (Å²) in [5.74, 6) is 0.0766. The average molecular weight is 447 g/mol. The van der Waals surface area contributed by atoms with Crippen LogP contribution in [0.25, 0.3) is 0 Å². The van der Waals surface area contributed by atoms with E-state index in [1.54, 1.807) is 0 Å². The SMILES string of the molecule is CC(C)Cc1ccc(C(=O)C2CCN(CC(=O)Nc3ccccc3C(F)(F)F)CC2)cc1. The van der Waals surface area contributed by atoms with Crippen LogP contribution in [0.3, 0.4) is 0 Å². The number of nitrogens with one attached hydrogen (secondary N) is 1. The maximum atomic E-state index is 13.1. The van der Waals surface area contributed by atoms with E-state index in [-0.39, 0.29) is 23.9 Å². The minimum absolute atomic E-state index is 0.00298. The summed E-state index contributed by atoms with van der Waals surface area (Å²) in [6.45, 7) is 5.41. The quantitative estimate of drug-likeness (QED) is 0.577. The molecule has 1 fully saturated rings. The van der Waals surface area contributed by atoms with Crippen molar-refractivity contribution in [3.63, 3.8) is 0 Å². The van der Waals surface area contributed by atoms with Crippen LogP contribution in [0.5, 0.6) is 0 Å². The van der Waals surface area contributed by atoms with E-state index < -0.39 is 17.6 Å². The maximum absolute atomic E-state index is 13.1. The number of hydrogen-bond donors (Lipinski definition) is 1. The van der Waals surface area contributed by atoms with Gasteiger partial charge in [0.05, 0.1) is 17.8 Å². The number of anilines is 1. The van der Waals surface area contributed by atoms with E-state index in [0.717, 1.165) is 12.5 Å². The van der Waals surface area contributed by atoms with Gasteiger partial charge in [0.2, 0.25) is 5.91 Å². The van der Waals surface area contributed by atoms with Crippen molar-refractivity contribution in [2.75, 3.05) is 25.0 Å². The molecule has 0 atom stereocenters. The zero-order chi connectivity index (χ0) is 23.3. The molecule has 0 unspecified atom stereocenters. The standard InChI is InChI=1S/C25H29F3N2O2/c1-17(2)15-18-7-9-19(10-8-18)24(32)20-11-13-30(14-12-20)16-23(31)29-22-6-4-3-5-21(22)25(26,27)28/h3-10,17,20H,11-16H2,1-2H3,(H,29,31). The first-order valence-corrected chi connectivity index (χ1v) is 10.9. The van der Waals surface area contributed by atoms with Gasteiger partial charge in [-0.05, 0) is 56.0 Å². The third-order valence-electron chi connectivity index (χ3n) is 5.71. The first-order chi connectivity index (χ1) is 15.1. The van der Waals surface area contributed by atoms with E-state index in [0.29, 0.717) is 37.4 Å². The number of likely N-dealkylation sites (tertiary alicyclic amines) is 1. The maximum Gasteiger partial charge on any atom is 0.418 e. The summed E-state index contributed by atoms with van der Waals surface area (Å²) in [5.41, 5.74) is 0.815. The topological polar surface area (TPSA) is 49.4 Å². The van der Waals surface area contributed by atoms with Crippen molar-refractivity contribution in [3.05, 3.63) is 65.2 Å². The molecule has 1 saturated heterocycles.